The van der Waals surface area contributed by atoms with Crippen molar-refractivity contribution < 1.29 is 9.47 Å². The third-order valence-electron chi connectivity index (χ3n) is 10.2. The second-order valence-corrected chi connectivity index (χ2v) is 13.3. The van der Waals surface area contributed by atoms with E-state index in [0.29, 0.717) is 22.9 Å². The topological polar surface area (TPSA) is 70.5 Å². The molecular weight excluding hydrogens is 649 g/mol. The molecule has 1 aliphatic carbocycles. The fourth-order valence-corrected chi connectivity index (χ4v) is 7.80. The maximum absolute atomic E-state index is 6.60. The molecular formula is C49H36N2O2. The summed E-state index contributed by atoms with van der Waals surface area (Å²) in [7, 11) is 0. The van der Waals surface area contributed by atoms with Crippen LogP contribution in [0.4, 0.5) is 11.4 Å². The number of anilines is 2. The van der Waals surface area contributed by atoms with E-state index >= 15 is 0 Å². The van der Waals surface area contributed by atoms with Gasteiger partial charge >= 0.3 is 0 Å². The third kappa shape index (κ3) is 5.49. The average molecular weight is 685 g/mol. The summed E-state index contributed by atoms with van der Waals surface area (Å²) in [5.41, 5.74) is 24.3. The zero-order valence-electron chi connectivity index (χ0n) is 28.9. The van der Waals surface area contributed by atoms with E-state index < -0.39 is 5.41 Å². The lowest BCUT2D eigenvalue weighted by Crippen LogP contribution is -2.28. The first-order valence-electron chi connectivity index (χ1n) is 17.8. The molecule has 0 amide bonds. The summed E-state index contributed by atoms with van der Waals surface area (Å²) >= 11 is 0. The quantitative estimate of drug-likeness (QED) is 0.156. The normalized spacial score (nSPS) is 12.5. The zero-order valence-corrected chi connectivity index (χ0v) is 28.9. The largest absolute Gasteiger partial charge is 0.455 e. The smallest absolute Gasteiger partial charge is 0.150 e. The molecule has 0 saturated heterocycles. The number of hydrogen-bond donors (Lipinski definition) is 2. The molecule has 8 aromatic carbocycles. The first-order chi connectivity index (χ1) is 26.1. The molecule has 1 aliphatic rings. The van der Waals surface area contributed by atoms with Crippen LogP contribution < -0.4 is 20.9 Å². The van der Waals surface area contributed by atoms with Gasteiger partial charge < -0.3 is 20.9 Å². The molecule has 4 nitrogen and oxygen atoms in total. The van der Waals surface area contributed by atoms with E-state index in [-0.39, 0.29) is 0 Å². The Balaban J connectivity index is 1.32. The van der Waals surface area contributed by atoms with Crippen molar-refractivity contribution in [3.63, 3.8) is 0 Å². The van der Waals surface area contributed by atoms with Crippen molar-refractivity contribution >= 4 is 11.4 Å². The second kappa shape index (κ2) is 13.3. The van der Waals surface area contributed by atoms with E-state index in [2.05, 4.69) is 133 Å². The molecule has 0 aliphatic heterocycles. The summed E-state index contributed by atoms with van der Waals surface area (Å²) < 4.78 is 13.2. The molecule has 254 valence electrons. The van der Waals surface area contributed by atoms with Crippen molar-refractivity contribution in [1.82, 2.24) is 0 Å². The van der Waals surface area contributed by atoms with Gasteiger partial charge in [0.05, 0.1) is 16.8 Å². The Bertz CT molecular complexity index is 2420. The minimum Gasteiger partial charge on any atom is -0.455 e. The van der Waals surface area contributed by atoms with Gasteiger partial charge in [-0.25, -0.2) is 0 Å². The highest BCUT2D eigenvalue weighted by Gasteiger charge is 2.46. The maximum atomic E-state index is 6.60. The third-order valence-corrected chi connectivity index (χ3v) is 10.2. The molecule has 53 heavy (non-hydrogen) atoms. The van der Waals surface area contributed by atoms with Gasteiger partial charge in [0, 0.05) is 11.1 Å². The van der Waals surface area contributed by atoms with Crippen LogP contribution in [0.2, 0.25) is 0 Å². The van der Waals surface area contributed by atoms with E-state index in [1.165, 1.54) is 22.3 Å². The lowest BCUT2D eigenvalue weighted by molar-refractivity contribution is 0.486. The first-order valence-corrected chi connectivity index (χ1v) is 17.8. The van der Waals surface area contributed by atoms with Crippen LogP contribution in [0.15, 0.2) is 194 Å². The van der Waals surface area contributed by atoms with Gasteiger partial charge in [-0.1, -0.05) is 146 Å². The molecule has 8 aromatic rings. The Morgan fingerprint density at radius 2 is 0.698 bits per heavy atom. The highest BCUT2D eigenvalue weighted by molar-refractivity contribution is 5.88. The molecule has 0 spiro atoms. The molecule has 0 unspecified atom stereocenters. The summed E-state index contributed by atoms with van der Waals surface area (Å²) in [6.45, 7) is 0. The van der Waals surface area contributed by atoms with E-state index in [1.54, 1.807) is 0 Å². The number of benzene rings is 8. The Morgan fingerprint density at radius 3 is 1.13 bits per heavy atom. The number of para-hydroxylation sites is 4. The number of hydrogen-bond acceptors (Lipinski definition) is 4. The van der Waals surface area contributed by atoms with Crippen molar-refractivity contribution in [2.45, 2.75) is 5.41 Å². The lowest BCUT2D eigenvalue weighted by Gasteiger charge is -2.35. The summed E-state index contributed by atoms with van der Waals surface area (Å²) in [5.74, 6) is 2.68. The van der Waals surface area contributed by atoms with E-state index in [9.17, 15) is 0 Å². The Labute approximate surface area is 309 Å². The van der Waals surface area contributed by atoms with Crippen LogP contribution in [0.25, 0.3) is 33.4 Å². The minimum absolute atomic E-state index is 0.582. The maximum Gasteiger partial charge on any atom is 0.150 e. The fraction of sp³-hybridized carbons (Fsp3) is 0.0204. The van der Waals surface area contributed by atoms with Crippen LogP contribution in [-0.2, 0) is 5.41 Å². The molecule has 0 aromatic heterocycles. The molecule has 0 saturated carbocycles. The lowest BCUT2D eigenvalue weighted by atomic mass is 9.67. The molecule has 4 N–H and O–H groups in total. The summed E-state index contributed by atoms with van der Waals surface area (Å²) in [6, 6.07) is 66.7. The number of nitrogen functional groups attached to an aromatic ring is 2. The van der Waals surface area contributed by atoms with Gasteiger partial charge in [0.1, 0.15) is 23.0 Å². The van der Waals surface area contributed by atoms with Gasteiger partial charge in [0.25, 0.3) is 0 Å². The highest BCUT2D eigenvalue weighted by atomic mass is 16.5. The second-order valence-electron chi connectivity index (χ2n) is 13.3. The SMILES string of the molecule is Nc1ccccc1Oc1ccc(C2(c3ccc(Oc4ccccc4N)c(-c4ccccc4)c3)c3ccccc3-c3ccccc32)cc1-c1ccccc1. The van der Waals surface area contributed by atoms with Gasteiger partial charge in [-0.05, 0) is 93.0 Å². The monoisotopic (exact) mass is 684 g/mol. The summed E-state index contributed by atoms with van der Waals surface area (Å²) in [4.78, 5) is 0. The molecule has 0 fully saturated rings. The van der Waals surface area contributed by atoms with E-state index in [0.717, 1.165) is 44.9 Å². The molecule has 0 bridgehead atoms. The predicted octanol–water partition coefficient (Wildman–Crippen LogP) is 12.1. The standard InChI is InChI=1S/C49H36N2O2/c50-43-23-11-13-25-47(43)52-45-29-27-35(31-39(45)33-15-3-1-4-16-33)49(41-21-9-7-19-37(41)38-20-8-10-22-42(38)49)36-28-30-46(53-48-26-14-12-24-44(48)51)40(32-36)34-17-5-2-6-18-34/h1-32H,50-51H2. The summed E-state index contributed by atoms with van der Waals surface area (Å²) in [6.07, 6.45) is 0. The van der Waals surface area contributed by atoms with Crippen LogP contribution >= 0.6 is 0 Å². The Hall–Kier alpha value is -7.04. The van der Waals surface area contributed by atoms with Crippen molar-refractivity contribution in [3.05, 3.63) is 216 Å². The highest BCUT2D eigenvalue weighted by Crippen LogP contribution is 2.57. The van der Waals surface area contributed by atoms with Gasteiger partial charge in [0.15, 0.2) is 0 Å². The predicted molar refractivity (Wildman–Crippen MR) is 216 cm³/mol. The molecule has 0 heterocycles. The molecule has 4 heteroatoms. The van der Waals surface area contributed by atoms with Crippen LogP contribution in [0.1, 0.15) is 22.3 Å². The zero-order chi connectivity index (χ0) is 35.8. The van der Waals surface area contributed by atoms with Gasteiger partial charge in [-0.15, -0.1) is 0 Å². The van der Waals surface area contributed by atoms with Crippen LogP contribution in [-0.4, -0.2) is 0 Å². The first kappa shape index (κ1) is 31.9. The van der Waals surface area contributed by atoms with Crippen LogP contribution in [0.5, 0.6) is 23.0 Å². The van der Waals surface area contributed by atoms with Crippen molar-refractivity contribution in [1.29, 1.82) is 0 Å². The van der Waals surface area contributed by atoms with Crippen molar-refractivity contribution in [3.8, 4) is 56.4 Å². The van der Waals surface area contributed by atoms with E-state index in [4.69, 9.17) is 20.9 Å². The Kier molecular flexibility index (Phi) is 7.98. The van der Waals surface area contributed by atoms with Crippen LogP contribution in [0.3, 0.4) is 0 Å². The fourth-order valence-electron chi connectivity index (χ4n) is 7.80. The van der Waals surface area contributed by atoms with Gasteiger partial charge in [-0.2, -0.15) is 0 Å². The van der Waals surface area contributed by atoms with Crippen LogP contribution in [0, 0.1) is 0 Å². The van der Waals surface area contributed by atoms with Gasteiger partial charge in [-0.3, -0.25) is 0 Å². The van der Waals surface area contributed by atoms with Gasteiger partial charge in [0.2, 0.25) is 0 Å². The number of fused-ring (bicyclic) bond motifs is 3. The number of ether oxygens (including phenoxy) is 2. The molecule has 0 atom stereocenters. The average Bonchev–Trinajstić information content (AvgIpc) is 3.52. The minimum atomic E-state index is -0.686. The number of rotatable bonds is 8. The number of nitrogens with two attached hydrogens (primary N) is 2. The molecule has 0 radical (unpaired) electrons. The van der Waals surface area contributed by atoms with Crippen molar-refractivity contribution in [2.75, 3.05) is 11.5 Å². The van der Waals surface area contributed by atoms with Crippen molar-refractivity contribution in [2.24, 2.45) is 0 Å². The van der Waals surface area contributed by atoms with E-state index in [1.807, 2.05) is 60.7 Å². The Morgan fingerprint density at radius 1 is 0.321 bits per heavy atom. The summed E-state index contributed by atoms with van der Waals surface area (Å²) in [5, 5.41) is 0. The molecule has 9 rings (SSSR count).